The van der Waals surface area contributed by atoms with Crippen LogP contribution in [0.3, 0.4) is 0 Å². The summed E-state index contributed by atoms with van der Waals surface area (Å²) in [6.07, 6.45) is 0. The summed E-state index contributed by atoms with van der Waals surface area (Å²) >= 11 is 4.91. The number of hydrogen-bond donors (Lipinski definition) is 2. The number of carbonyl (C=O) groups is 1. The fourth-order valence-corrected chi connectivity index (χ4v) is 4.05. The summed E-state index contributed by atoms with van der Waals surface area (Å²) in [5.41, 5.74) is 1.98. The molecular formula is C18H18BrN3O3S. The number of carbonyl (C=O) groups excluding carboxylic acids is 1. The van der Waals surface area contributed by atoms with Crippen LogP contribution < -0.4 is 10.9 Å². The van der Waals surface area contributed by atoms with E-state index in [0.29, 0.717) is 27.8 Å². The van der Waals surface area contributed by atoms with Gasteiger partial charge in [-0.05, 0) is 30.4 Å². The third-order valence-electron chi connectivity index (χ3n) is 4.09. The molecule has 0 radical (unpaired) electrons. The zero-order valence-electron chi connectivity index (χ0n) is 14.6. The van der Waals surface area contributed by atoms with Crippen molar-refractivity contribution < 1.29 is 9.53 Å². The highest BCUT2D eigenvalue weighted by atomic mass is 79.9. The Morgan fingerprint density at radius 2 is 2.19 bits per heavy atom. The average Bonchev–Trinajstić information content (AvgIpc) is 2.60. The molecular weight excluding hydrogens is 418 g/mol. The molecule has 0 saturated heterocycles. The summed E-state index contributed by atoms with van der Waals surface area (Å²) in [5.74, 6) is 0.226. The molecule has 0 bridgehead atoms. The van der Waals surface area contributed by atoms with Crippen molar-refractivity contribution in [3.8, 4) is 0 Å². The number of anilines is 1. The van der Waals surface area contributed by atoms with Crippen molar-refractivity contribution in [1.29, 1.82) is 0 Å². The molecule has 1 atom stereocenters. The maximum atomic E-state index is 12.9. The van der Waals surface area contributed by atoms with Gasteiger partial charge in [0.05, 0.1) is 24.2 Å². The van der Waals surface area contributed by atoms with Gasteiger partial charge >= 0.3 is 5.97 Å². The first-order chi connectivity index (χ1) is 12.5. The fourth-order valence-electron chi connectivity index (χ4n) is 3.04. The van der Waals surface area contributed by atoms with Gasteiger partial charge in [0, 0.05) is 10.2 Å². The van der Waals surface area contributed by atoms with Crippen LogP contribution in [0.15, 0.2) is 50.0 Å². The van der Waals surface area contributed by atoms with Crippen molar-refractivity contribution in [2.75, 3.05) is 18.2 Å². The molecule has 0 unspecified atom stereocenters. The SMILES string of the molecule is CCSc1nc2c(c(=O)[nH]1)[C@@H](c1cccc(Br)c1)C(C(=O)OC)=C(C)N2. The first-order valence-electron chi connectivity index (χ1n) is 8.04. The van der Waals surface area contributed by atoms with E-state index in [0.717, 1.165) is 15.8 Å². The number of benzene rings is 1. The molecule has 1 aromatic heterocycles. The minimum absolute atomic E-state index is 0.266. The first-order valence-corrected chi connectivity index (χ1v) is 9.82. The summed E-state index contributed by atoms with van der Waals surface area (Å²) in [5, 5.41) is 3.65. The highest BCUT2D eigenvalue weighted by Crippen LogP contribution is 2.40. The zero-order chi connectivity index (χ0) is 18.8. The van der Waals surface area contributed by atoms with Crippen LogP contribution in [0.2, 0.25) is 0 Å². The molecule has 8 heteroatoms. The standard InChI is InChI=1S/C18H18BrN3O3S/c1-4-26-18-21-15-14(16(23)22-18)13(10-6-5-7-11(19)8-10)12(9(2)20-15)17(24)25-3/h5-8,13H,4H2,1-3H3,(H2,20,21,22,23)/t13-/m0/s1. The maximum Gasteiger partial charge on any atom is 0.336 e. The Kier molecular flexibility index (Phi) is 5.52. The molecule has 6 nitrogen and oxygen atoms in total. The van der Waals surface area contributed by atoms with Crippen molar-refractivity contribution in [2.45, 2.75) is 24.9 Å². The Bertz CT molecular complexity index is 955. The molecule has 1 aliphatic heterocycles. The Morgan fingerprint density at radius 3 is 2.85 bits per heavy atom. The Morgan fingerprint density at radius 1 is 1.42 bits per heavy atom. The molecule has 0 saturated carbocycles. The molecule has 1 aliphatic rings. The third kappa shape index (κ3) is 3.43. The van der Waals surface area contributed by atoms with E-state index in [2.05, 4.69) is 31.2 Å². The summed E-state index contributed by atoms with van der Waals surface area (Å²) in [6, 6.07) is 7.54. The number of halogens is 1. The smallest absolute Gasteiger partial charge is 0.336 e. The quantitative estimate of drug-likeness (QED) is 0.433. The number of methoxy groups -OCH3 is 1. The van der Waals surface area contributed by atoms with E-state index in [1.165, 1.54) is 18.9 Å². The Labute approximate surface area is 163 Å². The number of esters is 1. The number of hydrogen-bond acceptors (Lipinski definition) is 6. The Balaban J connectivity index is 2.27. The van der Waals surface area contributed by atoms with Crippen LogP contribution in [0.25, 0.3) is 0 Å². The number of nitrogens with one attached hydrogen (secondary N) is 2. The van der Waals surface area contributed by atoms with Gasteiger partial charge in [0.15, 0.2) is 5.16 Å². The number of thioether (sulfide) groups is 1. The molecule has 0 aliphatic carbocycles. The van der Waals surface area contributed by atoms with Crippen LogP contribution in [0.5, 0.6) is 0 Å². The van der Waals surface area contributed by atoms with Crippen molar-refractivity contribution in [1.82, 2.24) is 9.97 Å². The van der Waals surface area contributed by atoms with Gasteiger partial charge in [-0.2, -0.15) is 0 Å². The maximum absolute atomic E-state index is 12.9. The summed E-state index contributed by atoms with van der Waals surface area (Å²) in [4.78, 5) is 32.7. The second-order valence-corrected chi connectivity index (χ2v) is 7.88. The molecule has 2 heterocycles. The van der Waals surface area contributed by atoms with E-state index < -0.39 is 11.9 Å². The minimum atomic E-state index is -0.562. The van der Waals surface area contributed by atoms with Gasteiger partial charge in [0.2, 0.25) is 0 Å². The molecule has 1 aromatic carbocycles. The lowest BCUT2D eigenvalue weighted by Gasteiger charge is -2.28. The molecule has 2 aromatic rings. The van der Waals surface area contributed by atoms with Crippen LogP contribution in [0, 0.1) is 0 Å². The van der Waals surface area contributed by atoms with Gasteiger partial charge in [-0.15, -0.1) is 0 Å². The van der Waals surface area contributed by atoms with Gasteiger partial charge < -0.3 is 15.0 Å². The average molecular weight is 436 g/mol. The molecule has 136 valence electrons. The topological polar surface area (TPSA) is 84.1 Å². The van der Waals surface area contributed by atoms with E-state index >= 15 is 0 Å². The van der Waals surface area contributed by atoms with Crippen molar-refractivity contribution in [3.05, 3.63) is 61.5 Å². The lowest BCUT2D eigenvalue weighted by Crippen LogP contribution is -2.31. The Hall–Kier alpha value is -2.06. The zero-order valence-corrected chi connectivity index (χ0v) is 17.0. The lowest BCUT2D eigenvalue weighted by molar-refractivity contribution is -0.136. The lowest BCUT2D eigenvalue weighted by atomic mass is 9.82. The third-order valence-corrected chi connectivity index (χ3v) is 5.34. The number of nitrogens with zero attached hydrogens (tertiary/aromatic N) is 1. The molecule has 26 heavy (non-hydrogen) atoms. The van der Waals surface area contributed by atoms with Crippen LogP contribution >= 0.6 is 27.7 Å². The summed E-state index contributed by atoms with van der Waals surface area (Å²) < 4.78 is 5.83. The predicted octanol–water partition coefficient (Wildman–Crippen LogP) is 3.65. The second-order valence-electron chi connectivity index (χ2n) is 5.71. The number of fused-ring (bicyclic) bond motifs is 1. The van der Waals surface area contributed by atoms with E-state index in [9.17, 15) is 9.59 Å². The number of allylic oxidation sites excluding steroid dienone is 1. The van der Waals surface area contributed by atoms with Crippen LogP contribution in [-0.4, -0.2) is 28.8 Å². The van der Waals surface area contributed by atoms with Gasteiger partial charge in [-0.1, -0.05) is 46.7 Å². The van der Waals surface area contributed by atoms with Crippen molar-refractivity contribution in [3.63, 3.8) is 0 Å². The van der Waals surface area contributed by atoms with E-state index in [-0.39, 0.29) is 5.56 Å². The minimum Gasteiger partial charge on any atom is -0.466 e. The largest absolute Gasteiger partial charge is 0.466 e. The van der Waals surface area contributed by atoms with Crippen LogP contribution in [-0.2, 0) is 9.53 Å². The number of ether oxygens (including phenoxy) is 1. The number of aromatic amines is 1. The number of aromatic nitrogens is 2. The number of rotatable bonds is 4. The molecule has 0 spiro atoms. The first kappa shape index (κ1) is 18.7. The molecule has 0 fully saturated rings. The highest BCUT2D eigenvalue weighted by molar-refractivity contribution is 9.10. The van der Waals surface area contributed by atoms with E-state index in [1.807, 2.05) is 31.2 Å². The van der Waals surface area contributed by atoms with Gasteiger partial charge in [0.1, 0.15) is 5.82 Å². The van der Waals surface area contributed by atoms with E-state index in [1.54, 1.807) is 6.92 Å². The van der Waals surface area contributed by atoms with Gasteiger partial charge in [0.25, 0.3) is 5.56 Å². The monoisotopic (exact) mass is 435 g/mol. The van der Waals surface area contributed by atoms with Crippen LogP contribution in [0.1, 0.15) is 30.9 Å². The van der Waals surface area contributed by atoms with E-state index in [4.69, 9.17) is 4.74 Å². The number of H-pyrrole nitrogens is 1. The highest BCUT2D eigenvalue weighted by Gasteiger charge is 2.36. The molecule has 2 N–H and O–H groups in total. The summed E-state index contributed by atoms with van der Waals surface area (Å²) in [6.45, 7) is 3.78. The fraction of sp³-hybridized carbons (Fsp3) is 0.278. The molecule has 3 rings (SSSR count). The van der Waals surface area contributed by atoms with Crippen molar-refractivity contribution in [2.24, 2.45) is 0 Å². The molecule has 0 amide bonds. The normalized spacial score (nSPS) is 16.1. The summed E-state index contributed by atoms with van der Waals surface area (Å²) in [7, 11) is 1.33. The second kappa shape index (κ2) is 7.67. The van der Waals surface area contributed by atoms with Gasteiger partial charge in [-0.3, -0.25) is 4.79 Å². The van der Waals surface area contributed by atoms with Crippen molar-refractivity contribution >= 4 is 39.5 Å². The van der Waals surface area contributed by atoms with Crippen LogP contribution in [0.4, 0.5) is 5.82 Å². The predicted molar refractivity (Wildman–Crippen MR) is 106 cm³/mol. The van der Waals surface area contributed by atoms with Gasteiger partial charge in [-0.25, -0.2) is 9.78 Å².